The molecule has 4 atom stereocenters. The van der Waals surface area contributed by atoms with Gasteiger partial charge < -0.3 is 20.7 Å². The van der Waals surface area contributed by atoms with Crippen LogP contribution in [0.4, 0.5) is 10.2 Å². The molecule has 0 radical (unpaired) electrons. The molecule has 1 unspecified atom stereocenters. The van der Waals surface area contributed by atoms with Crippen molar-refractivity contribution in [3.63, 3.8) is 0 Å². The lowest BCUT2D eigenvalue weighted by Gasteiger charge is -2.17. The van der Waals surface area contributed by atoms with Gasteiger partial charge in [0, 0.05) is 0 Å². The molecule has 1 aliphatic rings. The lowest BCUT2D eigenvalue weighted by atomic mass is 10.1. The van der Waals surface area contributed by atoms with Gasteiger partial charge in [0.05, 0.1) is 12.3 Å². The third-order valence-electron chi connectivity index (χ3n) is 2.69. The van der Waals surface area contributed by atoms with Crippen molar-refractivity contribution in [1.29, 1.82) is 0 Å². The molecule has 2 heterocycles. The van der Waals surface area contributed by atoms with Crippen molar-refractivity contribution in [3.8, 4) is 0 Å². The van der Waals surface area contributed by atoms with E-state index in [1.807, 2.05) is 0 Å². The molecule has 7 nitrogen and oxygen atoms in total. The van der Waals surface area contributed by atoms with Gasteiger partial charge in [-0.1, -0.05) is 0 Å². The Morgan fingerprint density at radius 2 is 2.18 bits per heavy atom. The monoisotopic (exact) mass is 248 g/mol. The van der Waals surface area contributed by atoms with Gasteiger partial charge in [-0.05, 0) is 6.92 Å². The third-order valence-corrected chi connectivity index (χ3v) is 2.69. The summed E-state index contributed by atoms with van der Waals surface area (Å²) in [5.41, 5.74) is 4.27. The normalized spacial score (nSPS) is 32.9. The van der Waals surface area contributed by atoms with Gasteiger partial charge in [-0.2, -0.15) is 4.98 Å². The van der Waals surface area contributed by atoms with E-state index < -0.39 is 41.9 Å². The first kappa shape index (κ1) is 12.0. The largest absolute Gasteiger partial charge is 0.388 e. The van der Waals surface area contributed by atoms with Crippen LogP contribution in [0.5, 0.6) is 0 Å². The molecule has 1 saturated heterocycles. The van der Waals surface area contributed by atoms with Gasteiger partial charge in [-0.15, -0.1) is 0 Å². The quantitative estimate of drug-likeness (QED) is 0.564. The molecule has 0 aliphatic carbocycles. The fraction of sp³-hybridized carbons (Fsp3) is 0.556. The van der Waals surface area contributed by atoms with Crippen LogP contribution in [-0.4, -0.2) is 38.1 Å². The molecule has 0 amide bonds. The van der Waals surface area contributed by atoms with E-state index in [-0.39, 0.29) is 0 Å². The van der Waals surface area contributed by atoms with E-state index in [1.54, 1.807) is 0 Å². The molecule has 1 aromatic heterocycles. The number of anilines is 1. The van der Waals surface area contributed by atoms with Crippen molar-refractivity contribution in [2.24, 2.45) is 0 Å². The number of nitrogens with zero attached hydrogens (tertiary/aromatic N) is 2. The van der Waals surface area contributed by atoms with Gasteiger partial charge in [0.15, 0.2) is 17.9 Å². The van der Waals surface area contributed by atoms with Crippen LogP contribution >= 0.6 is 0 Å². The number of rotatable bonds is 1. The summed E-state index contributed by atoms with van der Waals surface area (Å²) in [5, 5.41) is 19.1. The van der Waals surface area contributed by atoms with Crippen LogP contribution in [0.3, 0.4) is 0 Å². The highest BCUT2D eigenvalue weighted by Gasteiger charge is 2.41. The van der Waals surface area contributed by atoms with E-state index in [9.17, 15) is 19.4 Å². The van der Waals surface area contributed by atoms with Crippen LogP contribution in [-0.2, 0) is 4.74 Å². The Morgan fingerprint density at radius 3 is 2.71 bits per heavy atom. The summed E-state index contributed by atoms with van der Waals surface area (Å²) in [6.07, 6.45) is -3.51. The van der Waals surface area contributed by atoms with Crippen molar-refractivity contribution in [2.75, 3.05) is 5.73 Å². The maximum absolute atomic E-state index is 13.2. The van der Waals surface area contributed by atoms with Crippen LogP contribution in [0.15, 0.2) is 11.0 Å². The van der Waals surface area contributed by atoms with E-state index in [0.717, 1.165) is 10.8 Å². The third kappa shape index (κ3) is 1.90. The Bertz CT molecular complexity index is 492. The van der Waals surface area contributed by atoms with Crippen molar-refractivity contribution in [3.05, 3.63) is 22.5 Å². The Hall–Kier alpha value is -1.51. The average molecular weight is 248 g/mol. The summed E-state index contributed by atoms with van der Waals surface area (Å²) in [6, 6.07) is 0. The minimum absolute atomic E-state index is 0.521. The van der Waals surface area contributed by atoms with Gasteiger partial charge in [0.2, 0.25) is 0 Å². The predicted molar refractivity (Wildman–Crippen MR) is 54.5 cm³/mol. The highest BCUT2D eigenvalue weighted by molar-refractivity contribution is 5.26. The van der Waals surface area contributed by atoms with Crippen molar-refractivity contribution in [1.82, 2.24) is 9.55 Å². The summed E-state index contributed by atoms with van der Waals surface area (Å²) in [5.74, 6) is -1.42. The van der Waals surface area contributed by atoms with Gasteiger partial charge in [0.25, 0.3) is 0 Å². The summed E-state index contributed by atoms with van der Waals surface area (Å²) < 4.78 is 19.1. The van der Waals surface area contributed by atoms with Gasteiger partial charge in [-0.3, -0.25) is 4.57 Å². The molecule has 2 rings (SSSR count). The maximum Gasteiger partial charge on any atom is 0.351 e. The molecule has 0 bridgehead atoms. The number of hydrogen-bond acceptors (Lipinski definition) is 6. The number of nitrogens with two attached hydrogens (primary N) is 1. The Balaban J connectivity index is 2.42. The minimum atomic E-state index is -1.33. The molecular weight excluding hydrogens is 236 g/mol. The second kappa shape index (κ2) is 4.06. The summed E-state index contributed by atoms with van der Waals surface area (Å²) >= 11 is 0. The van der Waals surface area contributed by atoms with Crippen molar-refractivity contribution >= 4 is 5.82 Å². The number of hydrogen-bond donors (Lipinski definition) is 3. The lowest BCUT2D eigenvalue weighted by Crippen LogP contribution is -2.35. The van der Waals surface area contributed by atoms with Gasteiger partial charge in [0.1, 0.15) is 12.2 Å². The number of aliphatic hydroxyl groups is 2. The zero-order chi connectivity index (χ0) is 12.7. The molecule has 1 aromatic rings. The topological polar surface area (TPSA) is 111 Å². The van der Waals surface area contributed by atoms with E-state index >= 15 is 0 Å². The number of nitrogen functional groups attached to an aromatic ring is 1. The van der Waals surface area contributed by atoms with Crippen LogP contribution < -0.4 is 11.4 Å². The molecule has 94 valence electrons. The summed E-state index contributed by atoms with van der Waals surface area (Å²) in [4.78, 5) is 14.7. The van der Waals surface area contributed by atoms with Crippen LogP contribution in [0.25, 0.3) is 0 Å². The molecule has 8 heteroatoms. The summed E-state index contributed by atoms with van der Waals surface area (Å²) in [6.45, 7) is 1.53. The first-order valence-electron chi connectivity index (χ1n) is 4.97. The van der Waals surface area contributed by atoms with Crippen LogP contribution in [0, 0.1) is 5.82 Å². The second-order valence-electron chi connectivity index (χ2n) is 3.88. The maximum atomic E-state index is 13.2. The first-order chi connectivity index (χ1) is 7.91. The van der Waals surface area contributed by atoms with Crippen LogP contribution in [0.2, 0.25) is 0 Å². The minimum Gasteiger partial charge on any atom is -0.388 e. The molecule has 17 heavy (non-hydrogen) atoms. The smallest absolute Gasteiger partial charge is 0.351 e. The van der Waals surface area contributed by atoms with Gasteiger partial charge >= 0.3 is 5.69 Å². The van der Waals surface area contributed by atoms with Crippen molar-refractivity contribution < 1.29 is 19.3 Å². The molecule has 0 spiro atoms. The summed E-state index contributed by atoms with van der Waals surface area (Å²) in [7, 11) is 0. The SMILES string of the molecule is C[C@@H]1O[C@H]([15n]2cc(F)c(N)[15n][13c]2=O)C(O)[C@@H]1O. The predicted octanol–water partition coefficient (Wildman–Crippen LogP) is -1.40. The van der Waals surface area contributed by atoms with E-state index in [0.29, 0.717) is 0 Å². The standard InChI is InChI=1S/C9H12FN3O4/c1-3-5(14)6(15)8(17-3)13-2-4(10)7(11)12-9(13)16/h2-3,5-6,8,14-15H,1H3,(H2,11,12,16)/t3-,5+,6?,8-/m0/s1/i9+1,12+1,13+1. The lowest BCUT2D eigenvalue weighted by molar-refractivity contribution is -0.0355. The molecule has 1 fully saturated rings. The van der Waals surface area contributed by atoms with Crippen LogP contribution in [0.1, 0.15) is 13.2 Å². The fourth-order valence-corrected chi connectivity index (χ4v) is 1.70. The Kier molecular flexibility index (Phi) is 2.86. The highest BCUT2D eigenvalue weighted by Crippen LogP contribution is 2.28. The molecule has 0 aromatic carbocycles. The number of aliphatic hydroxyl groups excluding tert-OH is 2. The Labute approximate surface area is 95.3 Å². The van der Waals surface area contributed by atoms with E-state index in [2.05, 4.69) is 4.98 Å². The number of ether oxygens (including phenoxy) is 1. The van der Waals surface area contributed by atoms with Crippen molar-refractivity contribution in [2.45, 2.75) is 31.5 Å². The van der Waals surface area contributed by atoms with E-state index in [4.69, 9.17) is 10.5 Å². The molecule has 4 N–H and O–H groups in total. The number of halogens is 1. The Morgan fingerprint density at radius 1 is 1.53 bits per heavy atom. The fourth-order valence-electron chi connectivity index (χ4n) is 1.70. The zero-order valence-electron chi connectivity index (χ0n) is 8.95. The molecule has 0 saturated carbocycles. The van der Waals surface area contributed by atoms with E-state index in [1.165, 1.54) is 6.92 Å². The van der Waals surface area contributed by atoms with Gasteiger partial charge in [-0.25, -0.2) is 9.18 Å². The molecule has 1 aliphatic heterocycles. The zero-order valence-corrected chi connectivity index (χ0v) is 8.95. The first-order valence-corrected chi connectivity index (χ1v) is 4.97. The average Bonchev–Trinajstić information content (AvgIpc) is 2.51. The second-order valence-corrected chi connectivity index (χ2v) is 3.88. The highest BCUT2D eigenvalue weighted by atomic mass is 19.1. The molecular formula is C9H12FN3O4. The number of aromatic nitrogens is 2.